The lowest BCUT2D eigenvalue weighted by Crippen LogP contribution is -2.37. The van der Waals surface area contributed by atoms with Gasteiger partial charge in [-0.15, -0.1) is 0 Å². The van der Waals surface area contributed by atoms with E-state index in [1.807, 2.05) is 0 Å². The van der Waals surface area contributed by atoms with E-state index < -0.39 is 61.0 Å². The third kappa shape index (κ3) is 12.1. The molecule has 0 fully saturated rings. The van der Waals surface area contributed by atoms with Crippen molar-refractivity contribution < 1.29 is 41.2 Å². The average molecular weight is 515 g/mol. The molecule has 10 nitrogen and oxygen atoms in total. The fourth-order valence-corrected chi connectivity index (χ4v) is 3.70. The Morgan fingerprint density at radius 2 is 1.76 bits per heavy atom. The minimum Gasteiger partial charge on any atom is -0.462 e. The van der Waals surface area contributed by atoms with E-state index >= 15 is 0 Å². The smallest absolute Gasteiger partial charge is 0.462 e. The van der Waals surface area contributed by atoms with Crippen LogP contribution in [-0.4, -0.2) is 35.8 Å². The minimum absolute atomic E-state index is 0.0834. The number of esters is 1. The van der Waals surface area contributed by atoms with Crippen LogP contribution in [0.2, 0.25) is 0 Å². The Kier molecular flexibility index (Phi) is 13.0. The normalized spacial score (nSPS) is 17.0. The van der Waals surface area contributed by atoms with Gasteiger partial charge in [0.15, 0.2) is 0 Å². The number of halogens is 3. The molecular formula is C20H33F3N3O7P. The van der Waals surface area contributed by atoms with Gasteiger partial charge in [0.1, 0.15) is 11.8 Å². The Morgan fingerprint density at radius 3 is 2.24 bits per heavy atom. The van der Waals surface area contributed by atoms with Crippen LogP contribution in [-0.2, 0) is 23.1 Å². The summed E-state index contributed by atoms with van der Waals surface area (Å²) in [6.45, 7) is 8.72. The van der Waals surface area contributed by atoms with E-state index in [0.717, 1.165) is 13.8 Å². The van der Waals surface area contributed by atoms with Crippen LogP contribution in [0.15, 0.2) is 35.6 Å². The molecule has 196 valence electrons. The molecule has 0 radical (unpaired) electrons. The highest BCUT2D eigenvalue weighted by Crippen LogP contribution is 2.49. The molecule has 3 atom stereocenters. The molecule has 0 aliphatic rings. The number of hydrogen-bond acceptors (Lipinski definition) is 8. The number of nitro groups is 1. The molecule has 0 aliphatic carbocycles. The highest BCUT2D eigenvalue weighted by molar-refractivity contribution is 7.52. The van der Waals surface area contributed by atoms with Crippen LogP contribution in [0.25, 0.3) is 0 Å². The SMILES string of the molecule is C/C=C\CC=C(C)OP(=O)(N[C@@H](C)C(=O)OC(C)C)O/C(NCC(C)C(F)(F)F)=C(/C)[N+](=O)[O-]. The molecule has 0 aromatic rings. The molecule has 0 aromatic carbocycles. The third-order valence-corrected chi connectivity index (χ3v) is 5.69. The van der Waals surface area contributed by atoms with Gasteiger partial charge in [0, 0.05) is 13.5 Å². The van der Waals surface area contributed by atoms with E-state index in [4.69, 9.17) is 13.8 Å². The topological polar surface area (TPSA) is 129 Å². The van der Waals surface area contributed by atoms with E-state index in [1.54, 1.807) is 32.9 Å². The molecular weight excluding hydrogens is 482 g/mol. The maximum absolute atomic E-state index is 13.5. The molecule has 0 saturated carbocycles. The van der Waals surface area contributed by atoms with Gasteiger partial charge < -0.3 is 19.1 Å². The first-order valence-electron chi connectivity index (χ1n) is 10.4. The van der Waals surface area contributed by atoms with Crippen LogP contribution in [0.4, 0.5) is 13.2 Å². The monoisotopic (exact) mass is 515 g/mol. The molecule has 0 amide bonds. The van der Waals surface area contributed by atoms with Gasteiger partial charge in [0.25, 0.3) is 5.88 Å². The third-order valence-electron chi connectivity index (χ3n) is 4.04. The van der Waals surface area contributed by atoms with Gasteiger partial charge >= 0.3 is 25.6 Å². The van der Waals surface area contributed by atoms with E-state index in [9.17, 15) is 32.6 Å². The van der Waals surface area contributed by atoms with Crippen LogP contribution < -0.4 is 10.4 Å². The first kappa shape index (κ1) is 31.5. The lowest BCUT2D eigenvalue weighted by molar-refractivity contribution is -0.427. The Bertz CT molecular complexity index is 842. The van der Waals surface area contributed by atoms with Crippen molar-refractivity contribution >= 4 is 13.7 Å². The molecule has 14 heteroatoms. The number of nitrogens with zero attached hydrogens (tertiary/aromatic N) is 1. The summed E-state index contributed by atoms with van der Waals surface area (Å²) in [6, 6.07) is -1.25. The van der Waals surface area contributed by atoms with Crippen LogP contribution >= 0.6 is 7.75 Å². The van der Waals surface area contributed by atoms with Crippen molar-refractivity contribution in [2.45, 2.75) is 73.2 Å². The molecule has 0 spiro atoms. The predicted molar refractivity (Wildman–Crippen MR) is 120 cm³/mol. The highest BCUT2D eigenvalue weighted by atomic mass is 31.2. The van der Waals surface area contributed by atoms with Gasteiger partial charge in [-0.05, 0) is 47.1 Å². The number of nitrogens with one attached hydrogen (secondary N) is 2. The second kappa shape index (κ2) is 14.0. The summed E-state index contributed by atoms with van der Waals surface area (Å²) in [7, 11) is -4.58. The number of carbonyl (C=O) groups is 1. The van der Waals surface area contributed by atoms with Crippen LogP contribution in [0, 0.1) is 16.0 Å². The van der Waals surface area contributed by atoms with Crippen molar-refractivity contribution in [3.8, 4) is 0 Å². The van der Waals surface area contributed by atoms with Crippen LogP contribution in [0.3, 0.4) is 0 Å². The van der Waals surface area contributed by atoms with E-state index in [2.05, 4.69) is 10.4 Å². The quantitative estimate of drug-likeness (QED) is 0.0803. The minimum atomic E-state index is -4.58. The Labute approximate surface area is 197 Å². The second-order valence-electron chi connectivity index (χ2n) is 7.63. The van der Waals surface area contributed by atoms with Crippen molar-refractivity contribution in [3.05, 3.63) is 45.7 Å². The number of ether oxygens (including phenoxy) is 1. The summed E-state index contributed by atoms with van der Waals surface area (Å²) >= 11 is 0. The molecule has 0 rings (SSSR count). The number of alkyl halides is 3. The van der Waals surface area contributed by atoms with Crippen molar-refractivity contribution in [2.24, 2.45) is 5.92 Å². The van der Waals surface area contributed by atoms with Crippen molar-refractivity contribution in [2.75, 3.05) is 6.54 Å². The fraction of sp³-hybridized carbons (Fsp3) is 0.650. The molecule has 0 saturated heterocycles. The number of rotatable bonds is 14. The Hall–Kier alpha value is -2.53. The van der Waals surface area contributed by atoms with Crippen LogP contribution in [0.5, 0.6) is 0 Å². The molecule has 0 heterocycles. The van der Waals surface area contributed by atoms with E-state index in [-0.39, 0.29) is 5.76 Å². The van der Waals surface area contributed by atoms with E-state index in [1.165, 1.54) is 19.9 Å². The van der Waals surface area contributed by atoms with Gasteiger partial charge in [-0.25, -0.2) is 4.57 Å². The first-order valence-corrected chi connectivity index (χ1v) is 12.0. The lowest BCUT2D eigenvalue weighted by atomic mass is 10.2. The zero-order valence-corrected chi connectivity index (χ0v) is 21.2. The molecule has 0 aliphatic heterocycles. The van der Waals surface area contributed by atoms with Crippen LogP contribution in [0.1, 0.15) is 54.9 Å². The lowest BCUT2D eigenvalue weighted by Gasteiger charge is -2.25. The maximum Gasteiger partial charge on any atom is 0.514 e. The summed E-state index contributed by atoms with van der Waals surface area (Å²) in [5.74, 6) is -3.43. The van der Waals surface area contributed by atoms with Gasteiger partial charge in [-0.1, -0.05) is 19.1 Å². The number of hydrogen-bond donors (Lipinski definition) is 2. The summed E-state index contributed by atoms with van der Waals surface area (Å²) in [4.78, 5) is 22.5. The zero-order chi connectivity index (χ0) is 26.7. The molecule has 34 heavy (non-hydrogen) atoms. The summed E-state index contributed by atoms with van der Waals surface area (Å²) in [6.07, 6.45) is 0.369. The summed E-state index contributed by atoms with van der Waals surface area (Å²) in [5.41, 5.74) is -0.743. The van der Waals surface area contributed by atoms with Gasteiger partial charge in [0.2, 0.25) is 0 Å². The average Bonchev–Trinajstić information content (AvgIpc) is 2.68. The molecule has 0 bridgehead atoms. The van der Waals surface area contributed by atoms with Crippen molar-refractivity contribution in [1.29, 1.82) is 0 Å². The highest BCUT2D eigenvalue weighted by Gasteiger charge is 2.39. The fourth-order valence-electron chi connectivity index (χ4n) is 2.08. The second-order valence-corrected chi connectivity index (χ2v) is 9.25. The van der Waals surface area contributed by atoms with Crippen molar-refractivity contribution in [3.63, 3.8) is 0 Å². The molecule has 0 aromatic heterocycles. The molecule has 2 unspecified atom stereocenters. The summed E-state index contributed by atoms with van der Waals surface area (Å²) < 4.78 is 67.8. The maximum atomic E-state index is 13.5. The summed E-state index contributed by atoms with van der Waals surface area (Å²) in [5, 5.41) is 15.8. The first-order chi connectivity index (χ1) is 15.5. The standard InChI is InChI=1S/C20H33F3N3O7P/c1-8-9-10-11-15(5)32-34(30,25-16(6)19(27)31-13(2)3)33-18(17(7)26(28)29)24-12-14(4)20(21,22)23/h8-9,11,13-14,16,24H,10,12H2,1-7H3,(H,25,30)/b9-8-,15-11?,18-17-/t14?,16-,34?/m0/s1. The van der Waals surface area contributed by atoms with Crippen molar-refractivity contribution in [1.82, 2.24) is 10.4 Å². The zero-order valence-electron chi connectivity index (χ0n) is 20.3. The van der Waals surface area contributed by atoms with E-state index in [0.29, 0.717) is 6.42 Å². The number of allylic oxidation sites excluding steroid dienone is 5. The number of carbonyl (C=O) groups excluding carboxylic acids is 1. The molecule has 2 N–H and O–H groups in total. The van der Waals surface area contributed by atoms with Gasteiger partial charge in [-0.2, -0.15) is 18.3 Å². The van der Waals surface area contributed by atoms with Gasteiger partial charge in [-0.3, -0.25) is 14.9 Å². The largest absolute Gasteiger partial charge is 0.514 e. The Morgan fingerprint density at radius 1 is 1.18 bits per heavy atom. The van der Waals surface area contributed by atoms with Gasteiger partial charge in [0.05, 0.1) is 16.9 Å². The Balaban J connectivity index is 6.06. The predicted octanol–water partition coefficient (Wildman–Crippen LogP) is 5.18.